The minimum atomic E-state index is -0.107. The Hall–Kier alpha value is -1.27. The summed E-state index contributed by atoms with van der Waals surface area (Å²) in [6.07, 6.45) is 3.79. The maximum Gasteiger partial charge on any atom is 0.239 e. The minimum Gasteiger partial charge on any atom is -0.309 e. The van der Waals surface area contributed by atoms with Gasteiger partial charge in [-0.05, 0) is 26.3 Å². The number of imide groups is 1. The van der Waals surface area contributed by atoms with Gasteiger partial charge in [0.05, 0.1) is 17.5 Å². The fourth-order valence-corrected chi connectivity index (χ4v) is 4.27. The second-order valence-electron chi connectivity index (χ2n) is 5.84. The summed E-state index contributed by atoms with van der Waals surface area (Å²) < 4.78 is 0. The van der Waals surface area contributed by atoms with Crippen molar-refractivity contribution in [3.05, 3.63) is 11.1 Å². The molecule has 5 nitrogen and oxygen atoms in total. The minimum absolute atomic E-state index is 0.0401. The lowest BCUT2D eigenvalue weighted by Crippen LogP contribution is -2.30. The molecular weight excluding hydrogens is 286 g/mol. The molecule has 1 N–H and O–H groups in total. The summed E-state index contributed by atoms with van der Waals surface area (Å²) in [4.78, 5) is 30.9. The number of hydrogen-bond donors (Lipinski definition) is 1. The highest BCUT2D eigenvalue weighted by atomic mass is 32.1. The van der Waals surface area contributed by atoms with E-state index in [1.54, 1.807) is 0 Å². The molecule has 3 rings (SSSR count). The number of aromatic nitrogens is 1. The number of nitrogens with one attached hydrogen (secondary N) is 1. The molecule has 3 atom stereocenters. The van der Waals surface area contributed by atoms with Crippen molar-refractivity contribution in [2.45, 2.75) is 45.6 Å². The zero-order chi connectivity index (χ0) is 15.0. The lowest BCUT2D eigenvalue weighted by Gasteiger charge is -2.19. The highest BCUT2D eigenvalue weighted by molar-refractivity contribution is 7.14. The van der Waals surface area contributed by atoms with E-state index in [1.165, 1.54) is 16.2 Å². The van der Waals surface area contributed by atoms with E-state index < -0.39 is 0 Å². The molecule has 1 aliphatic carbocycles. The van der Waals surface area contributed by atoms with Gasteiger partial charge in [-0.15, -0.1) is 11.3 Å². The van der Waals surface area contributed by atoms with E-state index in [-0.39, 0.29) is 29.7 Å². The third-order valence-electron chi connectivity index (χ3n) is 4.50. The van der Waals surface area contributed by atoms with Crippen LogP contribution in [0.15, 0.2) is 5.38 Å². The van der Waals surface area contributed by atoms with Crippen LogP contribution in [0, 0.1) is 11.8 Å². The Kier molecular flexibility index (Phi) is 4.08. The molecule has 1 aromatic rings. The van der Waals surface area contributed by atoms with Crippen LogP contribution in [-0.4, -0.2) is 23.3 Å². The molecule has 2 fully saturated rings. The van der Waals surface area contributed by atoms with Gasteiger partial charge >= 0.3 is 0 Å². The smallest absolute Gasteiger partial charge is 0.239 e. The predicted octanol–water partition coefficient (Wildman–Crippen LogP) is 2.49. The van der Waals surface area contributed by atoms with Crippen LogP contribution in [0.3, 0.4) is 0 Å². The average molecular weight is 307 g/mol. The molecule has 2 aliphatic rings. The Labute approximate surface area is 128 Å². The van der Waals surface area contributed by atoms with Gasteiger partial charge in [-0.2, -0.15) is 0 Å². The van der Waals surface area contributed by atoms with Crippen molar-refractivity contribution in [2.75, 3.05) is 11.4 Å². The standard InChI is InChI=1S/C15H21N3O2S/c1-3-16-9(2)12-8-21-15(17-12)18-13(19)10-6-4-5-7-11(10)14(18)20/h8-11,16H,3-7H2,1-2H3. The van der Waals surface area contributed by atoms with Gasteiger partial charge in [0.1, 0.15) is 0 Å². The Morgan fingerprint density at radius 1 is 1.33 bits per heavy atom. The van der Waals surface area contributed by atoms with Crippen LogP contribution in [0.4, 0.5) is 5.13 Å². The first-order chi connectivity index (χ1) is 10.1. The number of rotatable bonds is 4. The fourth-order valence-electron chi connectivity index (χ4n) is 3.34. The normalized spacial score (nSPS) is 27.0. The molecular formula is C15H21N3O2S. The fraction of sp³-hybridized carbons (Fsp3) is 0.667. The summed E-state index contributed by atoms with van der Waals surface area (Å²) in [6.45, 7) is 4.94. The molecule has 6 heteroatoms. The van der Waals surface area contributed by atoms with Crippen molar-refractivity contribution >= 4 is 28.3 Å². The molecule has 0 radical (unpaired) electrons. The van der Waals surface area contributed by atoms with E-state index >= 15 is 0 Å². The van der Waals surface area contributed by atoms with Crippen LogP contribution in [0.25, 0.3) is 0 Å². The third-order valence-corrected chi connectivity index (χ3v) is 5.34. The summed E-state index contributed by atoms with van der Waals surface area (Å²) in [5.74, 6) is -0.294. The summed E-state index contributed by atoms with van der Waals surface area (Å²) in [5.41, 5.74) is 0.896. The summed E-state index contributed by atoms with van der Waals surface area (Å²) in [5, 5.41) is 5.77. The monoisotopic (exact) mass is 307 g/mol. The zero-order valence-electron chi connectivity index (χ0n) is 12.5. The van der Waals surface area contributed by atoms with E-state index in [2.05, 4.69) is 10.3 Å². The number of carbonyl (C=O) groups is 2. The Morgan fingerprint density at radius 2 is 1.95 bits per heavy atom. The first kappa shape index (κ1) is 14.7. The Balaban J connectivity index is 1.83. The van der Waals surface area contributed by atoms with Gasteiger partial charge in [0, 0.05) is 11.4 Å². The molecule has 1 saturated heterocycles. The molecule has 0 aromatic carbocycles. The maximum atomic E-state index is 12.5. The van der Waals surface area contributed by atoms with E-state index in [0.717, 1.165) is 37.9 Å². The van der Waals surface area contributed by atoms with Crippen LogP contribution in [0.5, 0.6) is 0 Å². The van der Waals surface area contributed by atoms with Gasteiger partial charge in [-0.3, -0.25) is 9.59 Å². The lowest BCUT2D eigenvalue weighted by atomic mass is 9.81. The highest BCUT2D eigenvalue weighted by Gasteiger charge is 2.49. The number of hydrogen-bond acceptors (Lipinski definition) is 5. The molecule has 2 amide bonds. The van der Waals surface area contributed by atoms with Crippen LogP contribution < -0.4 is 10.2 Å². The second kappa shape index (κ2) is 5.85. The van der Waals surface area contributed by atoms with E-state index in [9.17, 15) is 9.59 Å². The van der Waals surface area contributed by atoms with Gasteiger partial charge in [-0.25, -0.2) is 9.88 Å². The molecule has 3 unspecified atom stereocenters. The van der Waals surface area contributed by atoms with E-state index in [4.69, 9.17) is 0 Å². The first-order valence-corrected chi connectivity index (χ1v) is 8.58. The SMILES string of the molecule is CCNC(C)c1csc(N2C(=O)C3CCCCC3C2=O)n1. The number of anilines is 1. The van der Waals surface area contributed by atoms with E-state index in [0.29, 0.717) is 5.13 Å². The first-order valence-electron chi connectivity index (χ1n) is 7.70. The molecule has 1 aromatic heterocycles. The molecule has 1 aliphatic heterocycles. The summed E-state index contributed by atoms with van der Waals surface area (Å²) in [6, 6.07) is 0.134. The third kappa shape index (κ3) is 2.51. The van der Waals surface area contributed by atoms with Gasteiger partial charge in [0.25, 0.3) is 0 Å². The molecule has 21 heavy (non-hydrogen) atoms. The quantitative estimate of drug-likeness (QED) is 0.868. The van der Waals surface area contributed by atoms with Crippen molar-refractivity contribution in [2.24, 2.45) is 11.8 Å². The molecule has 1 saturated carbocycles. The van der Waals surface area contributed by atoms with Crippen molar-refractivity contribution in [3.63, 3.8) is 0 Å². The molecule has 114 valence electrons. The van der Waals surface area contributed by atoms with Gasteiger partial charge < -0.3 is 5.32 Å². The molecule has 0 spiro atoms. The van der Waals surface area contributed by atoms with Crippen LogP contribution in [-0.2, 0) is 9.59 Å². The molecule has 2 heterocycles. The van der Waals surface area contributed by atoms with Crippen molar-refractivity contribution < 1.29 is 9.59 Å². The predicted molar refractivity (Wildman–Crippen MR) is 82.1 cm³/mol. The van der Waals surface area contributed by atoms with Crippen LogP contribution >= 0.6 is 11.3 Å². The van der Waals surface area contributed by atoms with Gasteiger partial charge in [0.2, 0.25) is 11.8 Å². The van der Waals surface area contributed by atoms with Gasteiger partial charge in [-0.1, -0.05) is 19.8 Å². The number of thiazole rings is 1. The van der Waals surface area contributed by atoms with Gasteiger partial charge in [0.15, 0.2) is 5.13 Å². The van der Waals surface area contributed by atoms with Crippen molar-refractivity contribution in [3.8, 4) is 0 Å². The van der Waals surface area contributed by atoms with E-state index in [1.807, 2.05) is 19.2 Å². The topological polar surface area (TPSA) is 62.3 Å². The number of fused-ring (bicyclic) bond motifs is 1. The number of carbonyl (C=O) groups excluding carboxylic acids is 2. The van der Waals surface area contributed by atoms with Crippen LogP contribution in [0.2, 0.25) is 0 Å². The Morgan fingerprint density at radius 3 is 2.52 bits per heavy atom. The lowest BCUT2D eigenvalue weighted by molar-refractivity contribution is -0.122. The number of nitrogens with zero attached hydrogens (tertiary/aromatic N) is 2. The van der Waals surface area contributed by atoms with Crippen molar-refractivity contribution in [1.29, 1.82) is 0 Å². The maximum absolute atomic E-state index is 12.5. The largest absolute Gasteiger partial charge is 0.309 e. The average Bonchev–Trinajstić information content (AvgIpc) is 3.05. The van der Waals surface area contributed by atoms with Crippen molar-refractivity contribution in [1.82, 2.24) is 10.3 Å². The molecule has 0 bridgehead atoms. The second-order valence-corrected chi connectivity index (χ2v) is 6.68. The summed E-state index contributed by atoms with van der Waals surface area (Å²) >= 11 is 1.39. The zero-order valence-corrected chi connectivity index (χ0v) is 13.3. The summed E-state index contributed by atoms with van der Waals surface area (Å²) in [7, 11) is 0. The Bertz CT molecular complexity index is 533. The highest BCUT2D eigenvalue weighted by Crippen LogP contribution is 2.41. The van der Waals surface area contributed by atoms with Crippen LogP contribution in [0.1, 0.15) is 51.3 Å². The number of amides is 2.